The molecule has 98 valence electrons. The van der Waals surface area contributed by atoms with Gasteiger partial charge in [0.25, 0.3) is 5.91 Å². The molecule has 0 saturated carbocycles. The number of hydrogen-bond donors (Lipinski definition) is 1. The van der Waals surface area contributed by atoms with Crippen LogP contribution in [0.1, 0.15) is 38.2 Å². The molecule has 3 nitrogen and oxygen atoms in total. The number of β-lactam (4-membered cyclic amide) rings is 1. The van der Waals surface area contributed by atoms with Gasteiger partial charge in [-0.05, 0) is 12.0 Å². The molecule has 1 aliphatic rings. The molecule has 0 bridgehead atoms. The summed E-state index contributed by atoms with van der Waals surface area (Å²) < 4.78 is 5.71. The predicted molar refractivity (Wildman–Crippen MR) is 71.1 cm³/mol. The Labute approximate surface area is 109 Å². The van der Waals surface area contributed by atoms with Crippen LogP contribution in [0.4, 0.5) is 0 Å². The van der Waals surface area contributed by atoms with Crippen LogP contribution in [0.2, 0.25) is 0 Å². The van der Waals surface area contributed by atoms with E-state index >= 15 is 0 Å². The molecule has 18 heavy (non-hydrogen) atoms. The van der Waals surface area contributed by atoms with Crippen molar-refractivity contribution in [3.8, 4) is 0 Å². The molecule has 0 radical (unpaired) electrons. The zero-order chi connectivity index (χ0) is 12.8. The van der Waals surface area contributed by atoms with Crippen molar-refractivity contribution in [3.05, 3.63) is 35.9 Å². The van der Waals surface area contributed by atoms with Crippen molar-refractivity contribution >= 4 is 5.91 Å². The maximum Gasteiger partial charge on any atom is 0.251 e. The van der Waals surface area contributed by atoms with E-state index in [0.717, 1.165) is 18.4 Å². The minimum atomic E-state index is -0.248. The summed E-state index contributed by atoms with van der Waals surface area (Å²) in [4.78, 5) is 11.5. The summed E-state index contributed by atoms with van der Waals surface area (Å²) in [5.74, 6) is 0.0347. The number of nitrogens with one attached hydrogen (secondary N) is 1. The van der Waals surface area contributed by atoms with Crippen molar-refractivity contribution < 1.29 is 9.53 Å². The molecule has 1 N–H and O–H groups in total. The van der Waals surface area contributed by atoms with Crippen LogP contribution >= 0.6 is 0 Å². The van der Waals surface area contributed by atoms with Gasteiger partial charge in [0.1, 0.15) is 0 Å². The maximum absolute atomic E-state index is 11.5. The highest BCUT2D eigenvalue weighted by atomic mass is 16.5. The summed E-state index contributed by atoms with van der Waals surface area (Å²) in [6.45, 7) is 2.70. The molecule has 1 heterocycles. The van der Waals surface area contributed by atoms with Crippen LogP contribution in [0.3, 0.4) is 0 Å². The number of carbonyl (C=O) groups is 1. The van der Waals surface area contributed by atoms with Crippen molar-refractivity contribution in [1.82, 2.24) is 5.32 Å². The molecule has 3 heteroatoms. The Balaban J connectivity index is 1.75. The van der Waals surface area contributed by atoms with E-state index in [4.69, 9.17) is 4.74 Å². The van der Waals surface area contributed by atoms with Crippen molar-refractivity contribution in [3.63, 3.8) is 0 Å². The van der Waals surface area contributed by atoms with Crippen LogP contribution in [-0.4, -0.2) is 18.1 Å². The number of benzene rings is 1. The van der Waals surface area contributed by atoms with E-state index in [2.05, 4.69) is 12.2 Å². The van der Waals surface area contributed by atoms with Crippen LogP contribution in [0.25, 0.3) is 0 Å². The molecule has 1 saturated heterocycles. The second-order valence-electron chi connectivity index (χ2n) is 4.83. The predicted octanol–water partition coefficient (Wildman–Crippen LogP) is 2.65. The van der Waals surface area contributed by atoms with Crippen LogP contribution in [0, 0.1) is 0 Å². The molecular formula is C15H21NO2. The normalized spacial score (nSPS) is 22.4. The molecule has 1 amide bonds. The number of ether oxygens (including phenoxy) is 1. The fourth-order valence-corrected chi connectivity index (χ4v) is 2.22. The van der Waals surface area contributed by atoms with Crippen molar-refractivity contribution in [1.29, 1.82) is 0 Å². The Morgan fingerprint density at radius 1 is 1.22 bits per heavy atom. The molecule has 0 aromatic heterocycles. The van der Waals surface area contributed by atoms with Gasteiger partial charge in [0.2, 0.25) is 0 Å². The first kappa shape index (κ1) is 13.1. The van der Waals surface area contributed by atoms with E-state index in [1.54, 1.807) is 0 Å². The topological polar surface area (TPSA) is 38.3 Å². The van der Waals surface area contributed by atoms with E-state index in [-0.39, 0.29) is 18.1 Å². The van der Waals surface area contributed by atoms with E-state index < -0.39 is 0 Å². The first-order chi connectivity index (χ1) is 8.81. The minimum Gasteiger partial charge on any atom is -0.362 e. The summed E-state index contributed by atoms with van der Waals surface area (Å²) in [6, 6.07) is 10.2. The average molecular weight is 247 g/mol. The third-order valence-electron chi connectivity index (χ3n) is 3.34. The van der Waals surface area contributed by atoms with Gasteiger partial charge in [-0.3, -0.25) is 4.79 Å². The van der Waals surface area contributed by atoms with Gasteiger partial charge in [0, 0.05) is 0 Å². The average Bonchev–Trinajstić information content (AvgIpc) is 2.39. The number of amides is 1. The highest BCUT2D eigenvalue weighted by molar-refractivity contribution is 5.88. The fraction of sp³-hybridized carbons (Fsp3) is 0.533. The van der Waals surface area contributed by atoms with Crippen LogP contribution < -0.4 is 5.32 Å². The quantitative estimate of drug-likeness (QED) is 0.594. The zero-order valence-corrected chi connectivity index (χ0v) is 10.9. The van der Waals surface area contributed by atoms with Crippen molar-refractivity contribution in [2.75, 3.05) is 0 Å². The zero-order valence-electron chi connectivity index (χ0n) is 10.9. The molecule has 1 aliphatic heterocycles. The van der Waals surface area contributed by atoms with Gasteiger partial charge in [-0.1, -0.05) is 56.5 Å². The smallest absolute Gasteiger partial charge is 0.251 e. The molecule has 1 fully saturated rings. The molecule has 0 spiro atoms. The second-order valence-corrected chi connectivity index (χ2v) is 4.83. The summed E-state index contributed by atoms with van der Waals surface area (Å²) >= 11 is 0. The molecule has 0 aliphatic carbocycles. The number of rotatable bonds is 7. The maximum atomic E-state index is 11.5. The number of hydrogen-bond acceptors (Lipinski definition) is 2. The lowest BCUT2D eigenvalue weighted by atomic mass is 9.96. The van der Waals surface area contributed by atoms with Gasteiger partial charge in [-0.2, -0.15) is 0 Å². The molecular weight excluding hydrogens is 226 g/mol. The lowest BCUT2D eigenvalue weighted by Gasteiger charge is -2.36. The first-order valence-electron chi connectivity index (χ1n) is 6.77. The summed E-state index contributed by atoms with van der Waals surface area (Å²) in [5.41, 5.74) is 1.12. The Bertz CT molecular complexity index is 377. The van der Waals surface area contributed by atoms with Gasteiger partial charge in [-0.15, -0.1) is 0 Å². The largest absolute Gasteiger partial charge is 0.362 e. The minimum absolute atomic E-state index is 0.0347. The van der Waals surface area contributed by atoms with Crippen molar-refractivity contribution in [2.45, 2.75) is 51.4 Å². The molecule has 0 unspecified atom stereocenters. The fourth-order valence-electron chi connectivity index (χ4n) is 2.22. The van der Waals surface area contributed by atoms with Crippen LogP contribution in [0.15, 0.2) is 30.3 Å². The van der Waals surface area contributed by atoms with Gasteiger partial charge in [0.05, 0.1) is 12.6 Å². The lowest BCUT2D eigenvalue weighted by molar-refractivity contribution is -0.150. The van der Waals surface area contributed by atoms with Gasteiger partial charge < -0.3 is 10.1 Å². The molecule has 1 aromatic carbocycles. The van der Waals surface area contributed by atoms with Crippen LogP contribution in [0.5, 0.6) is 0 Å². The van der Waals surface area contributed by atoms with E-state index in [9.17, 15) is 4.79 Å². The van der Waals surface area contributed by atoms with E-state index in [1.807, 2.05) is 30.3 Å². The van der Waals surface area contributed by atoms with Gasteiger partial charge in [0.15, 0.2) is 6.10 Å². The van der Waals surface area contributed by atoms with E-state index in [0.29, 0.717) is 6.61 Å². The molecule has 2 rings (SSSR count). The third kappa shape index (κ3) is 3.33. The number of carbonyl (C=O) groups excluding carboxylic acids is 1. The highest BCUT2D eigenvalue weighted by Gasteiger charge is 2.39. The van der Waals surface area contributed by atoms with Crippen LogP contribution in [-0.2, 0) is 16.1 Å². The Morgan fingerprint density at radius 3 is 2.67 bits per heavy atom. The van der Waals surface area contributed by atoms with E-state index in [1.165, 1.54) is 12.8 Å². The monoisotopic (exact) mass is 247 g/mol. The molecule has 2 atom stereocenters. The Morgan fingerprint density at radius 2 is 2.00 bits per heavy atom. The Kier molecular flexibility index (Phi) is 4.76. The lowest BCUT2D eigenvalue weighted by Crippen LogP contribution is -2.63. The summed E-state index contributed by atoms with van der Waals surface area (Å²) in [7, 11) is 0. The van der Waals surface area contributed by atoms with Gasteiger partial charge >= 0.3 is 0 Å². The number of unbranched alkanes of at least 4 members (excludes halogenated alkanes) is 2. The molecule has 1 aromatic rings. The Hall–Kier alpha value is -1.35. The summed E-state index contributed by atoms with van der Waals surface area (Å²) in [6.07, 6.45) is 4.36. The third-order valence-corrected chi connectivity index (χ3v) is 3.34. The standard InChI is InChI=1S/C15H21NO2/c1-2-3-5-10-13-14(15(17)16-13)18-11-12-8-6-4-7-9-12/h4,6-9,13-14H,2-3,5,10-11H2,1H3,(H,16,17)/t13-,14+/m0/s1. The second kappa shape index (κ2) is 6.55. The van der Waals surface area contributed by atoms with Gasteiger partial charge in [-0.25, -0.2) is 0 Å². The SMILES string of the molecule is CCCCC[C@@H]1NC(=O)[C@@H]1OCc1ccccc1. The van der Waals surface area contributed by atoms with Crippen molar-refractivity contribution in [2.24, 2.45) is 0 Å². The first-order valence-corrected chi connectivity index (χ1v) is 6.77. The highest BCUT2D eigenvalue weighted by Crippen LogP contribution is 2.18. The summed E-state index contributed by atoms with van der Waals surface area (Å²) in [5, 5.41) is 2.92.